The molecule has 21 heavy (non-hydrogen) atoms. The number of nitrogens with one attached hydrogen (secondary N) is 1. The molecule has 0 heterocycles. The topological polar surface area (TPSA) is 49.9 Å². The van der Waals surface area contributed by atoms with E-state index in [-0.39, 0.29) is 11.3 Å². The summed E-state index contributed by atoms with van der Waals surface area (Å²) in [6.07, 6.45) is 4.30. The van der Waals surface area contributed by atoms with Gasteiger partial charge in [-0.2, -0.15) is 0 Å². The summed E-state index contributed by atoms with van der Waals surface area (Å²) >= 11 is 0. The average Bonchev–Trinajstić information content (AvgIpc) is 2.26. The average molecular weight is 290 g/mol. The molecular formula is C19H34N2. The van der Waals surface area contributed by atoms with E-state index in [4.69, 9.17) is 11.1 Å². The van der Waals surface area contributed by atoms with Gasteiger partial charge in [0.05, 0.1) is 0 Å². The molecule has 0 aromatic carbocycles. The summed E-state index contributed by atoms with van der Waals surface area (Å²) in [5.41, 5.74) is 10.9. The third-order valence-corrected chi connectivity index (χ3v) is 4.58. The van der Waals surface area contributed by atoms with Gasteiger partial charge < -0.3 is 5.73 Å². The van der Waals surface area contributed by atoms with Crippen LogP contribution in [0.25, 0.3) is 0 Å². The first-order chi connectivity index (χ1) is 9.52. The molecule has 0 aliphatic carbocycles. The zero-order valence-electron chi connectivity index (χ0n) is 15.0. The Hall–Kier alpha value is -1.27. The fourth-order valence-electron chi connectivity index (χ4n) is 3.16. The van der Waals surface area contributed by atoms with E-state index < -0.39 is 0 Å². The fourth-order valence-corrected chi connectivity index (χ4v) is 3.16. The third kappa shape index (κ3) is 6.35. The maximum Gasteiger partial charge on any atom is 0.118 e. The molecule has 0 aromatic heterocycles. The monoisotopic (exact) mass is 290 g/mol. The van der Waals surface area contributed by atoms with Crippen LogP contribution in [0.5, 0.6) is 0 Å². The van der Waals surface area contributed by atoms with E-state index in [1.54, 1.807) is 0 Å². The van der Waals surface area contributed by atoms with Crippen LogP contribution in [0.1, 0.15) is 61.3 Å². The highest BCUT2D eigenvalue weighted by molar-refractivity contribution is 5.95. The minimum atomic E-state index is 0.124. The van der Waals surface area contributed by atoms with Crippen molar-refractivity contribution in [3.8, 4) is 0 Å². The summed E-state index contributed by atoms with van der Waals surface area (Å²) in [5, 5.41) is 7.75. The summed E-state index contributed by atoms with van der Waals surface area (Å²) in [7, 11) is 0. The van der Waals surface area contributed by atoms with Gasteiger partial charge in [0, 0.05) is 0 Å². The molecule has 3 atom stereocenters. The maximum atomic E-state index is 7.75. The highest BCUT2D eigenvalue weighted by Crippen LogP contribution is 2.35. The Kier molecular flexibility index (Phi) is 7.74. The standard InChI is InChI=1S/C19H34N2/c1-9-10-19(7,8)16(6)12-14(4)11-15(5)17(13(2)3)18(20)21/h10,14-16H,1,11-12H2,2-8H3,(H3,20,21). The van der Waals surface area contributed by atoms with Crippen LogP contribution in [0.3, 0.4) is 0 Å². The Labute approximate surface area is 131 Å². The summed E-state index contributed by atoms with van der Waals surface area (Å²) in [6, 6.07) is 0. The largest absolute Gasteiger partial charge is 0.384 e. The number of allylic oxidation sites excluding steroid dienone is 2. The van der Waals surface area contributed by atoms with Gasteiger partial charge in [-0.25, -0.2) is 0 Å². The lowest BCUT2D eigenvalue weighted by Crippen LogP contribution is -2.24. The van der Waals surface area contributed by atoms with Crippen molar-refractivity contribution in [1.82, 2.24) is 0 Å². The van der Waals surface area contributed by atoms with Crippen LogP contribution in [0.15, 0.2) is 29.5 Å². The first kappa shape index (κ1) is 19.7. The Morgan fingerprint density at radius 2 is 1.76 bits per heavy atom. The van der Waals surface area contributed by atoms with Gasteiger partial charge >= 0.3 is 0 Å². The number of nitrogens with two attached hydrogens (primary N) is 1. The van der Waals surface area contributed by atoms with Crippen LogP contribution in [-0.4, -0.2) is 5.84 Å². The molecule has 0 fully saturated rings. The minimum Gasteiger partial charge on any atom is -0.384 e. The van der Waals surface area contributed by atoms with E-state index in [0.717, 1.165) is 24.0 Å². The van der Waals surface area contributed by atoms with Crippen LogP contribution in [0, 0.1) is 28.6 Å². The molecule has 0 aromatic rings. The van der Waals surface area contributed by atoms with E-state index in [1.807, 2.05) is 13.8 Å². The summed E-state index contributed by atoms with van der Waals surface area (Å²) in [6.45, 7) is 19.0. The lowest BCUT2D eigenvalue weighted by molar-refractivity contribution is 0.242. The highest BCUT2D eigenvalue weighted by Gasteiger charge is 2.25. The molecule has 0 radical (unpaired) electrons. The first-order valence-corrected chi connectivity index (χ1v) is 7.91. The Morgan fingerprint density at radius 1 is 1.24 bits per heavy atom. The van der Waals surface area contributed by atoms with E-state index >= 15 is 0 Å². The predicted molar refractivity (Wildman–Crippen MR) is 94.5 cm³/mol. The molecule has 0 aliphatic rings. The predicted octanol–water partition coefficient (Wildman–Crippen LogP) is 5.31. The number of rotatable bonds is 8. The van der Waals surface area contributed by atoms with Crippen LogP contribution >= 0.6 is 0 Å². The second-order valence-corrected chi connectivity index (χ2v) is 7.38. The molecule has 0 aliphatic heterocycles. The molecule has 3 N–H and O–H groups in total. The summed E-state index contributed by atoms with van der Waals surface area (Å²) in [4.78, 5) is 0. The lowest BCUT2D eigenvalue weighted by Gasteiger charge is -2.31. The molecule has 120 valence electrons. The molecule has 0 saturated heterocycles. The van der Waals surface area contributed by atoms with Crippen molar-refractivity contribution in [3.05, 3.63) is 29.5 Å². The van der Waals surface area contributed by atoms with Crippen molar-refractivity contribution in [3.63, 3.8) is 0 Å². The van der Waals surface area contributed by atoms with Crippen molar-refractivity contribution >= 4 is 5.84 Å². The van der Waals surface area contributed by atoms with E-state index in [2.05, 4.69) is 53.0 Å². The highest BCUT2D eigenvalue weighted by atomic mass is 14.7. The number of hydrogen-bond donors (Lipinski definition) is 2. The molecule has 2 nitrogen and oxygen atoms in total. The van der Waals surface area contributed by atoms with Gasteiger partial charge in [0.25, 0.3) is 0 Å². The van der Waals surface area contributed by atoms with E-state index in [9.17, 15) is 0 Å². The van der Waals surface area contributed by atoms with Crippen LogP contribution < -0.4 is 5.73 Å². The third-order valence-electron chi connectivity index (χ3n) is 4.58. The van der Waals surface area contributed by atoms with Gasteiger partial charge in [0.1, 0.15) is 5.84 Å². The smallest absolute Gasteiger partial charge is 0.118 e. The van der Waals surface area contributed by atoms with E-state index in [1.165, 1.54) is 0 Å². The van der Waals surface area contributed by atoms with Crippen LogP contribution in [0.2, 0.25) is 0 Å². The SMILES string of the molecule is C=C=CC(C)(C)C(C)CC(C)CC(C)C(C(=N)N)=C(C)C. The summed E-state index contributed by atoms with van der Waals surface area (Å²) in [5.74, 6) is 1.73. The molecule has 0 amide bonds. The second kappa shape index (κ2) is 8.24. The number of hydrogen-bond acceptors (Lipinski definition) is 1. The van der Waals surface area contributed by atoms with Gasteiger partial charge in [0.2, 0.25) is 0 Å². The van der Waals surface area contributed by atoms with Gasteiger partial charge in [0.15, 0.2) is 0 Å². The molecule has 0 spiro atoms. The molecule has 0 rings (SSSR count). The van der Waals surface area contributed by atoms with E-state index in [0.29, 0.717) is 17.8 Å². The zero-order chi connectivity index (χ0) is 16.8. The van der Waals surface area contributed by atoms with Gasteiger partial charge in [-0.3, -0.25) is 5.41 Å². The number of amidine groups is 1. The second-order valence-electron chi connectivity index (χ2n) is 7.38. The zero-order valence-corrected chi connectivity index (χ0v) is 15.0. The fraction of sp³-hybridized carbons (Fsp3) is 0.684. The van der Waals surface area contributed by atoms with Crippen LogP contribution in [0.4, 0.5) is 0 Å². The molecule has 2 heteroatoms. The normalized spacial score (nSPS) is 15.6. The van der Waals surface area contributed by atoms with Crippen molar-refractivity contribution < 1.29 is 0 Å². The molecule has 0 bridgehead atoms. The Balaban J connectivity index is 4.78. The Bertz CT molecular complexity index is 432. The van der Waals surface area contributed by atoms with Crippen molar-refractivity contribution in [2.75, 3.05) is 0 Å². The quantitative estimate of drug-likeness (QED) is 0.355. The maximum absolute atomic E-state index is 7.75. The molecular weight excluding hydrogens is 256 g/mol. The minimum absolute atomic E-state index is 0.124. The van der Waals surface area contributed by atoms with Gasteiger partial charge in [-0.05, 0) is 61.5 Å². The van der Waals surface area contributed by atoms with Crippen molar-refractivity contribution in [1.29, 1.82) is 5.41 Å². The van der Waals surface area contributed by atoms with Crippen molar-refractivity contribution in [2.24, 2.45) is 28.9 Å². The van der Waals surface area contributed by atoms with Gasteiger partial charge in [-0.1, -0.05) is 46.8 Å². The Morgan fingerprint density at radius 3 is 2.14 bits per heavy atom. The van der Waals surface area contributed by atoms with Crippen LogP contribution in [-0.2, 0) is 0 Å². The summed E-state index contributed by atoms with van der Waals surface area (Å²) < 4.78 is 0. The molecule has 3 unspecified atom stereocenters. The van der Waals surface area contributed by atoms with Crippen molar-refractivity contribution in [2.45, 2.75) is 61.3 Å². The first-order valence-electron chi connectivity index (χ1n) is 7.91. The van der Waals surface area contributed by atoms with Gasteiger partial charge in [-0.15, -0.1) is 5.73 Å². The molecule has 0 saturated carbocycles. The lowest BCUT2D eigenvalue weighted by atomic mass is 9.74.